The van der Waals surface area contributed by atoms with Gasteiger partial charge < -0.3 is 5.32 Å². The number of halogens is 5. The lowest BCUT2D eigenvalue weighted by Gasteiger charge is -2.18. The van der Waals surface area contributed by atoms with Crippen molar-refractivity contribution in [2.24, 2.45) is 0 Å². The molecule has 21 heavy (non-hydrogen) atoms. The second-order valence-electron chi connectivity index (χ2n) is 3.83. The van der Waals surface area contributed by atoms with Gasteiger partial charge in [-0.2, -0.15) is 22.0 Å². The molecule has 0 aliphatic rings. The van der Waals surface area contributed by atoms with E-state index >= 15 is 0 Å². The Labute approximate surface area is 113 Å². The molecule has 112 valence electrons. The van der Waals surface area contributed by atoms with Crippen molar-refractivity contribution < 1.29 is 26.7 Å². The van der Waals surface area contributed by atoms with Gasteiger partial charge in [-0.25, -0.2) is 4.68 Å². The minimum absolute atomic E-state index is 0.222. The fourth-order valence-corrected chi connectivity index (χ4v) is 1.32. The molecule has 1 N–H and O–H groups in total. The molecule has 0 spiro atoms. The molecule has 0 aliphatic carbocycles. The summed E-state index contributed by atoms with van der Waals surface area (Å²) in [5, 5.41) is 11.8. The molecule has 0 atom stereocenters. The second-order valence-corrected chi connectivity index (χ2v) is 3.83. The highest BCUT2D eigenvalue weighted by atomic mass is 19.4. The lowest BCUT2D eigenvalue weighted by atomic mass is 10.2. The molecule has 0 fully saturated rings. The van der Waals surface area contributed by atoms with Crippen molar-refractivity contribution in [3.05, 3.63) is 30.6 Å². The summed E-state index contributed by atoms with van der Waals surface area (Å²) >= 11 is 0. The third-order valence-electron chi connectivity index (χ3n) is 2.38. The lowest BCUT2D eigenvalue weighted by molar-refractivity contribution is -0.267. The predicted molar refractivity (Wildman–Crippen MR) is 58.8 cm³/mol. The van der Waals surface area contributed by atoms with E-state index in [4.69, 9.17) is 0 Å². The summed E-state index contributed by atoms with van der Waals surface area (Å²) in [5.74, 6) is -7.92. The van der Waals surface area contributed by atoms with Crippen LogP contribution in [0.1, 0.15) is 0 Å². The van der Waals surface area contributed by atoms with E-state index in [9.17, 15) is 26.7 Å². The van der Waals surface area contributed by atoms with Crippen LogP contribution in [-0.2, 0) is 4.79 Å². The summed E-state index contributed by atoms with van der Waals surface area (Å²) in [6.07, 6.45) is -4.70. The minimum atomic E-state index is -5.95. The molecular weight excluding hydrogens is 301 g/mol. The minimum Gasteiger partial charge on any atom is -0.321 e. The van der Waals surface area contributed by atoms with Gasteiger partial charge in [0.2, 0.25) is 0 Å². The van der Waals surface area contributed by atoms with Crippen molar-refractivity contribution in [2.45, 2.75) is 12.1 Å². The van der Waals surface area contributed by atoms with Crippen LogP contribution < -0.4 is 5.32 Å². The van der Waals surface area contributed by atoms with Crippen LogP contribution in [-0.4, -0.2) is 38.2 Å². The van der Waals surface area contributed by atoms with Crippen LogP contribution in [0.3, 0.4) is 0 Å². The van der Waals surface area contributed by atoms with Crippen molar-refractivity contribution in [1.29, 1.82) is 0 Å². The molecule has 1 aromatic heterocycles. The standard InChI is InChI=1S/C10H6F5N5O/c11-9(12,10(13,14)15)8(21)17-6-1-3-7(4-2-6)20-5-16-18-19-20/h1-5H,(H,17,21). The van der Waals surface area contributed by atoms with Crippen LogP contribution in [0.25, 0.3) is 5.69 Å². The van der Waals surface area contributed by atoms with Gasteiger partial charge in [0.25, 0.3) is 0 Å². The second kappa shape index (κ2) is 5.07. The zero-order chi connectivity index (χ0) is 15.7. The number of anilines is 1. The molecule has 0 radical (unpaired) electrons. The number of hydrogen-bond acceptors (Lipinski definition) is 4. The smallest absolute Gasteiger partial charge is 0.321 e. The zero-order valence-corrected chi connectivity index (χ0v) is 9.97. The topological polar surface area (TPSA) is 72.7 Å². The largest absolute Gasteiger partial charge is 0.463 e. The average molecular weight is 307 g/mol. The Morgan fingerprint density at radius 3 is 2.19 bits per heavy atom. The van der Waals surface area contributed by atoms with Crippen molar-refractivity contribution in [2.75, 3.05) is 5.32 Å². The number of benzene rings is 1. The summed E-state index contributed by atoms with van der Waals surface area (Å²) in [6.45, 7) is 0. The monoisotopic (exact) mass is 307 g/mol. The molecule has 1 amide bonds. The Morgan fingerprint density at radius 2 is 1.71 bits per heavy atom. The maximum Gasteiger partial charge on any atom is 0.463 e. The lowest BCUT2D eigenvalue weighted by Crippen LogP contribution is -2.47. The molecule has 2 aromatic rings. The van der Waals surface area contributed by atoms with Gasteiger partial charge in [0.1, 0.15) is 6.33 Å². The van der Waals surface area contributed by atoms with Gasteiger partial charge in [-0.15, -0.1) is 5.10 Å². The Hall–Kier alpha value is -2.59. The quantitative estimate of drug-likeness (QED) is 0.878. The van der Waals surface area contributed by atoms with Crippen LogP contribution in [0.15, 0.2) is 30.6 Å². The molecule has 11 heteroatoms. The fourth-order valence-electron chi connectivity index (χ4n) is 1.32. The normalized spacial score (nSPS) is 12.2. The highest BCUT2D eigenvalue weighted by Crippen LogP contribution is 2.36. The number of nitrogens with zero attached hydrogens (tertiary/aromatic N) is 4. The van der Waals surface area contributed by atoms with Crippen LogP contribution in [0.2, 0.25) is 0 Å². The number of carbonyl (C=O) groups is 1. The number of hydrogen-bond donors (Lipinski definition) is 1. The molecule has 0 bridgehead atoms. The maximum absolute atomic E-state index is 12.7. The molecular formula is C10H6F5N5O. The van der Waals surface area contributed by atoms with E-state index in [1.807, 2.05) is 0 Å². The molecule has 0 aliphatic heterocycles. The number of carbonyl (C=O) groups excluding carboxylic acids is 1. The van der Waals surface area contributed by atoms with Gasteiger partial charge in [-0.3, -0.25) is 4.79 Å². The van der Waals surface area contributed by atoms with E-state index < -0.39 is 18.0 Å². The summed E-state index contributed by atoms with van der Waals surface area (Å²) < 4.78 is 62.7. The summed E-state index contributed by atoms with van der Waals surface area (Å²) in [5.41, 5.74) is 0.210. The van der Waals surface area contributed by atoms with E-state index in [0.29, 0.717) is 5.69 Å². The molecule has 0 saturated heterocycles. The number of rotatable bonds is 3. The van der Waals surface area contributed by atoms with E-state index in [1.165, 1.54) is 28.5 Å². The molecule has 1 aromatic carbocycles. The van der Waals surface area contributed by atoms with Gasteiger partial charge >= 0.3 is 18.0 Å². The van der Waals surface area contributed by atoms with E-state index in [2.05, 4.69) is 15.5 Å². The van der Waals surface area contributed by atoms with Gasteiger partial charge in [-0.1, -0.05) is 0 Å². The number of alkyl halides is 5. The Bertz CT molecular complexity index is 622. The molecule has 0 saturated carbocycles. The van der Waals surface area contributed by atoms with Gasteiger partial charge in [0.15, 0.2) is 0 Å². The van der Waals surface area contributed by atoms with Gasteiger partial charge in [-0.05, 0) is 34.7 Å². The third-order valence-corrected chi connectivity index (χ3v) is 2.38. The highest BCUT2D eigenvalue weighted by molar-refractivity contribution is 5.96. The van der Waals surface area contributed by atoms with E-state index in [0.717, 1.165) is 12.1 Å². The third kappa shape index (κ3) is 2.95. The van der Waals surface area contributed by atoms with Crippen LogP contribution in [0, 0.1) is 0 Å². The number of nitrogens with one attached hydrogen (secondary N) is 1. The van der Waals surface area contributed by atoms with E-state index in [1.54, 1.807) is 0 Å². The summed E-state index contributed by atoms with van der Waals surface area (Å²) in [4.78, 5) is 11.0. The van der Waals surface area contributed by atoms with E-state index in [-0.39, 0.29) is 5.69 Å². The molecule has 6 nitrogen and oxygen atoms in total. The summed E-state index contributed by atoms with van der Waals surface area (Å²) in [6, 6.07) is 4.94. The Kier molecular flexibility index (Phi) is 3.58. The Balaban J connectivity index is 2.12. The summed E-state index contributed by atoms with van der Waals surface area (Å²) in [7, 11) is 0. The first kappa shape index (κ1) is 14.8. The SMILES string of the molecule is O=C(Nc1ccc(-n2cnnn2)cc1)C(F)(F)C(F)(F)F. The van der Waals surface area contributed by atoms with Gasteiger partial charge in [0, 0.05) is 5.69 Å². The van der Waals surface area contributed by atoms with Crippen LogP contribution >= 0.6 is 0 Å². The Morgan fingerprint density at radius 1 is 1.10 bits per heavy atom. The first-order valence-corrected chi connectivity index (χ1v) is 5.31. The van der Waals surface area contributed by atoms with Gasteiger partial charge in [0.05, 0.1) is 5.69 Å². The number of amides is 1. The van der Waals surface area contributed by atoms with Crippen LogP contribution in [0.4, 0.5) is 27.6 Å². The zero-order valence-electron chi connectivity index (χ0n) is 9.97. The predicted octanol–water partition coefficient (Wildman–Crippen LogP) is 1.80. The molecule has 2 rings (SSSR count). The average Bonchev–Trinajstić information content (AvgIpc) is 2.92. The maximum atomic E-state index is 12.7. The first-order chi connectivity index (χ1) is 9.72. The molecule has 1 heterocycles. The first-order valence-electron chi connectivity index (χ1n) is 5.31. The number of tetrazole rings is 1. The van der Waals surface area contributed by atoms with Crippen molar-refractivity contribution in [1.82, 2.24) is 20.2 Å². The molecule has 0 unspecified atom stereocenters. The highest BCUT2D eigenvalue weighted by Gasteiger charge is 2.63. The number of aromatic nitrogens is 4. The fraction of sp³-hybridized carbons (Fsp3) is 0.200. The van der Waals surface area contributed by atoms with Crippen molar-refractivity contribution >= 4 is 11.6 Å². The van der Waals surface area contributed by atoms with Crippen molar-refractivity contribution in [3.8, 4) is 5.69 Å². The van der Waals surface area contributed by atoms with Crippen molar-refractivity contribution in [3.63, 3.8) is 0 Å². The van der Waals surface area contributed by atoms with Crippen LogP contribution in [0.5, 0.6) is 0 Å².